The second-order valence-electron chi connectivity index (χ2n) is 5.99. The van der Waals surface area contributed by atoms with Crippen LogP contribution in [0.15, 0.2) is 18.3 Å². The molecule has 3 rings (SSSR count). The van der Waals surface area contributed by atoms with E-state index in [1.165, 1.54) is 18.4 Å². The monoisotopic (exact) mass is 255 g/mol. The van der Waals surface area contributed by atoms with Crippen molar-refractivity contribution in [3.63, 3.8) is 0 Å². The van der Waals surface area contributed by atoms with E-state index in [2.05, 4.69) is 53.6 Å². The third kappa shape index (κ3) is 2.32. The minimum absolute atomic E-state index is 0.745. The Morgan fingerprint density at radius 3 is 2.67 bits per heavy atom. The van der Waals surface area contributed by atoms with Gasteiger partial charge in [0.05, 0.1) is 0 Å². The van der Waals surface area contributed by atoms with Gasteiger partial charge < -0.3 is 0 Å². The molecule has 4 heteroatoms. The molecule has 0 radical (unpaired) electrons. The van der Waals surface area contributed by atoms with E-state index in [1.54, 1.807) is 0 Å². The Morgan fingerprint density at radius 2 is 2.00 bits per heavy atom. The van der Waals surface area contributed by atoms with E-state index in [-0.39, 0.29) is 0 Å². The Balaban J connectivity index is 2.05. The van der Waals surface area contributed by atoms with Crippen LogP contribution in [0, 0.1) is 11.5 Å². The SMILES string of the molecule is C[Si](C)(C)C#Cc1nnc2ccc(C3CC3)cn12. The Morgan fingerprint density at radius 1 is 1.22 bits per heavy atom. The second-order valence-corrected chi connectivity index (χ2v) is 10.7. The fraction of sp³-hybridized carbons (Fsp3) is 0.429. The highest BCUT2D eigenvalue weighted by Crippen LogP contribution is 2.39. The van der Waals surface area contributed by atoms with Crippen LogP contribution < -0.4 is 0 Å². The molecule has 2 aromatic rings. The molecule has 0 atom stereocenters. The van der Waals surface area contributed by atoms with E-state index < -0.39 is 8.07 Å². The molecule has 1 aliphatic rings. The minimum atomic E-state index is -1.37. The molecule has 2 heterocycles. The highest BCUT2D eigenvalue weighted by Gasteiger charge is 2.24. The standard InChI is InChI=1S/C14H17N3Si/c1-18(2,3)9-8-14-16-15-13-7-6-12(10-17(13)14)11-4-5-11/h6-7,10-11H,4-5H2,1-3H3. The quantitative estimate of drug-likeness (QED) is 0.579. The fourth-order valence-electron chi connectivity index (χ4n) is 1.89. The second kappa shape index (κ2) is 3.96. The van der Waals surface area contributed by atoms with Crippen molar-refractivity contribution in [3.8, 4) is 11.5 Å². The van der Waals surface area contributed by atoms with Gasteiger partial charge in [0, 0.05) is 6.20 Å². The first-order valence-electron chi connectivity index (χ1n) is 6.41. The van der Waals surface area contributed by atoms with Crippen LogP contribution >= 0.6 is 0 Å². The molecule has 0 saturated heterocycles. The van der Waals surface area contributed by atoms with Gasteiger partial charge >= 0.3 is 0 Å². The topological polar surface area (TPSA) is 30.2 Å². The number of nitrogens with zero attached hydrogens (tertiary/aromatic N) is 3. The van der Waals surface area contributed by atoms with E-state index in [9.17, 15) is 0 Å². The lowest BCUT2D eigenvalue weighted by Gasteiger charge is -2.03. The largest absolute Gasteiger partial charge is 0.275 e. The van der Waals surface area contributed by atoms with Crippen molar-refractivity contribution < 1.29 is 0 Å². The van der Waals surface area contributed by atoms with Crippen molar-refractivity contribution in [2.75, 3.05) is 0 Å². The zero-order valence-electron chi connectivity index (χ0n) is 11.1. The van der Waals surface area contributed by atoms with Gasteiger partial charge in [-0.2, -0.15) is 0 Å². The van der Waals surface area contributed by atoms with E-state index in [0.717, 1.165) is 17.4 Å². The maximum atomic E-state index is 4.18. The molecule has 18 heavy (non-hydrogen) atoms. The van der Waals surface area contributed by atoms with Crippen molar-refractivity contribution in [3.05, 3.63) is 29.7 Å². The van der Waals surface area contributed by atoms with E-state index in [4.69, 9.17) is 0 Å². The summed E-state index contributed by atoms with van der Waals surface area (Å²) < 4.78 is 2.03. The summed E-state index contributed by atoms with van der Waals surface area (Å²) in [4.78, 5) is 0. The molecule has 3 nitrogen and oxygen atoms in total. The van der Waals surface area contributed by atoms with Crippen LogP contribution in [0.4, 0.5) is 0 Å². The lowest BCUT2D eigenvalue weighted by atomic mass is 10.2. The summed E-state index contributed by atoms with van der Waals surface area (Å²) in [5.41, 5.74) is 5.62. The maximum Gasteiger partial charge on any atom is 0.211 e. The van der Waals surface area contributed by atoms with Crippen molar-refractivity contribution >= 4 is 13.7 Å². The zero-order chi connectivity index (χ0) is 12.8. The number of fused-ring (bicyclic) bond motifs is 1. The number of rotatable bonds is 1. The van der Waals surface area contributed by atoms with Crippen molar-refractivity contribution in [1.29, 1.82) is 0 Å². The molecular formula is C14H17N3Si. The fourth-order valence-corrected chi connectivity index (χ4v) is 2.38. The molecule has 0 bridgehead atoms. The molecule has 1 aliphatic carbocycles. The average molecular weight is 255 g/mol. The van der Waals surface area contributed by atoms with Gasteiger partial charge in [-0.1, -0.05) is 25.7 Å². The van der Waals surface area contributed by atoms with Crippen LogP contribution in [0.1, 0.15) is 30.1 Å². The molecule has 1 fully saturated rings. The van der Waals surface area contributed by atoms with Crippen molar-refractivity contribution in [1.82, 2.24) is 14.6 Å². The summed E-state index contributed by atoms with van der Waals surface area (Å²) in [6.07, 6.45) is 4.77. The molecule has 92 valence electrons. The molecular weight excluding hydrogens is 238 g/mol. The first-order valence-corrected chi connectivity index (χ1v) is 9.91. The third-order valence-electron chi connectivity index (χ3n) is 3.02. The number of hydrogen-bond donors (Lipinski definition) is 0. The van der Waals surface area contributed by atoms with Crippen LogP contribution in [0.3, 0.4) is 0 Å². The molecule has 2 aromatic heterocycles. The summed E-state index contributed by atoms with van der Waals surface area (Å²) in [7, 11) is -1.37. The van der Waals surface area contributed by atoms with Gasteiger partial charge in [0.1, 0.15) is 8.07 Å². The Bertz CT molecular complexity index is 651. The molecule has 0 aromatic carbocycles. The van der Waals surface area contributed by atoms with Gasteiger partial charge in [0.25, 0.3) is 0 Å². The molecule has 1 saturated carbocycles. The highest BCUT2D eigenvalue weighted by molar-refractivity contribution is 6.83. The van der Waals surface area contributed by atoms with Gasteiger partial charge in [-0.3, -0.25) is 4.40 Å². The lowest BCUT2D eigenvalue weighted by Crippen LogP contribution is -2.16. The highest BCUT2D eigenvalue weighted by atomic mass is 28.3. The van der Waals surface area contributed by atoms with Gasteiger partial charge in [0.2, 0.25) is 5.82 Å². The lowest BCUT2D eigenvalue weighted by molar-refractivity contribution is 1.03. The molecule has 0 amide bonds. The predicted molar refractivity (Wildman–Crippen MR) is 75.2 cm³/mol. The van der Waals surface area contributed by atoms with Gasteiger partial charge in [-0.15, -0.1) is 15.7 Å². The van der Waals surface area contributed by atoms with Gasteiger partial charge in [0.15, 0.2) is 5.65 Å². The summed E-state index contributed by atoms with van der Waals surface area (Å²) in [6, 6.07) is 4.21. The van der Waals surface area contributed by atoms with Crippen LogP contribution in [-0.2, 0) is 0 Å². The van der Waals surface area contributed by atoms with Crippen LogP contribution in [-0.4, -0.2) is 22.7 Å². The normalized spacial score (nSPS) is 15.5. The molecule has 0 unspecified atom stereocenters. The van der Waals surface area contributed by atoms with Crippen LogP contribution in [0.25, 0.3) is 5.65 Å². The smallest absolute Gasteiger partial charge is 0.211 e. The minimum Gasteiger partial charge on any atom is -0.275 e. The zero-order valence-corrected chi connectivity index (χ0v) is 12.1. The van der Waals surface area contributed by atoms with Gasteiger partial charge in [-0.25, -0.2) is 0 Å². The van der Waals surface area contributed by atoms with Crippen molar-refractivity contribution in [2.45, 2.75) is 38.4 Å². The summed E-state index contributed by atoms with van der Waals surface area (Å²) in [5.74, 6) is 4.71. The number of hydrogen-bond acceptors (Lipinski definition) is 2. The summed E-state index contributed by atoms with van der Waals surface area (Å²) in [6.45, 7) is 6.70. The predicted octanol–water partition coefficient (Wildman–Crippen LogP) is 2.84. The number of aromatic nitrogens is 3. The van der Waals surface area contributed by atoms with Crippen LogP contribution in [0.2, 0.25) is 19.6 Å². The first-order chi connectivity index (χ1) is 8.53. The van der Waals surface area contributed by atoms with E-state index >= 15 is 0 Å². The maximum absolute atomic E-state index is 4.18. The third-order valence-corrected chi connectivity index (χ3v) is 3.90. The Hall–Kier alpha value is -1.60. The van der Waals surface area contributed by atoms with Crippen molar-refractivity contribution in [2.24, 2.45) is 0 Å². The van der Waals surface area contributed by atoms with Crippen LogP contribution in [0.5, 0.6) is 0 Å². The molecule has 0 aliphatic heterocycles. The average Bonchev–Trinajstić information content (AvgIpc) is 3.07. The van der Waals surface area contributed by atoms with E-state index in [0.29, 0.717) is 0 Å². The van der Waals surface area contributed by atoms with E-state index in [1.807, 2.05) is 10.5 Å². The molecule has 0 spiro atoms. The summed E-state index contributed by atoms with van der Waals surface area (Å²) in [5, 5.41) is 8.35. The summed E-state index contributed by atoms with van der Waals surface area (Å²) >= 11 is 0. The molecule has 0 N–H and O–H groups in total. The Kier molecular flexibility index (Phi) is 2.53. The Labute approximate surface area is 108 Å². The first kappa shape index (κ1) is 11.5. The van der Waals surface area contributed by atoms with Gasteiger partial charge in [-0.05, 0) is 36.3 Å². The number of pyridine rings is 1.